The van der Waals surface area contributed by atoms with Gasteiger partial charge in [-0.05, 0) is 25.1 Å². The topological polar surface area (TPSA) is 105 Å². The van der Waals surface area contributed by atoms with Crippen molar-refractivity contribution in [2.75, 3.05) is 5.32 Å². The third kappa shape index (κ3) is 3.19. The van der Waals surface area contributed by atoms with E-state index < -0.39 is 10.9 Å². The molecule has 0 fully saturated rings. The van der Waals surface area contributed by atoms with Crippen LogP contribution in [0.15, 0.2) is 30.3 Å². The molecule has 0 spiro atoms. The van der Waals surface area contributed by atoms with Crippen LogP contribution in [-0.4, -0.2) is 27.0 Å². The van der Waals surface area contributed by atoms with Crippen molar-refractivity contribution in [3.8, 4) is 0 Å². The summed E-state index contributed by atoms with van der Waals surface area (Å²) in [4.78, 5) is 25.1. The molecule has 1 atom stereocenters. The Labute approximate surface area is 114 Å². The van der Waals surface area contributed by atoms with E-state index in [4.69, 9.17) is 5.11 Å². The van der Waals surface area contributed by atoms with E-state index in [9.17, 15) is 14.9 Å². The van der Waals surface area contributed by atoms with Gasteiger partial charge in [0.05, 0.1) is 16.9 Å². The number of hydrogen-bond acceptors (Lipinski definition) is 5. The number of nitro benzene ring substituents is 1. The van der Waals surface area contributed by atoms with Crippen LogP contribution in [0.3, 0.4) is 0 Å². The zero-order valence-corrected chi connectivity index (χ0v) is 10.7. The molecule has 7 heteroatoms. The lowest BCUT2D eigenvalue weighted by molar-refractivity contribution is -0.384. The molecule has 1 aromatic carbocycles. The van der Waals surface area contributed by atoms with E-state index in [0.717, 1.165) is 0 Å². The number of fused-ring (bicyclic) bond motifs is 1. The average molecular weight is 275 g/mol. The summed E-state index contributed by atoms with van der Waals surface area (Å²) in [7, 11) is 0. The maximum Gasteiger partial charge on any atom is 0.305 e. The predicted octanol–water partition coefficient (Wildman–Crippen LogP) is 2.42. The number of non-ortho nitro benzene ring substituents is 1. The van der Waals surface area contributed by atoms with Crippen molar-refractivity contribution < 1.29 is 14.8 Å². The van der Waals surface area contributed by atoms with E-state index >= 15 is 0 Å². The van der Waals surface area contributed by atoms with E-state index in [1.165, 1.54) is 12.1 Å². The van der Waals surface area contributed by atoms with E-state index in [2.05, 4.69) is 10.3 Å². The van der Waals surface area contributed by atoms with Gasteiger partial charge in [0.15, 0.2) is 0 Å². The quantitative estimate of drug-likeness (QED) is 0.641. The minimum atomic E-state index is -0.888. The van der Waals surface area contributed by atoms with E-state index in [1.807, 2.05) is 0 Å². The van der Waals surface area contributed by atoms with Crippen LogP contribution in [0.25, 0.3) is 10.9 Å². The number of carboxylic acid groups (broad SMARTS) is 1. The van der Waals surface area contributed by atoms with Gasteiger partial charge in [0.2, 0.25) is 0 Å². The highest BCUT2D eigenvalue weighted by atomic mass is 16.6. The van der Waals surface area contributed by atoms with Crippen LogP contribution in [0.1, 0.15) is 13.3 Å². The first kappa shape index (κ1) is 13.7. The molecule has 0 aliphatic carbocycles. The molecule has 7 nitrogen and oxygen atoms in total. The second kappa shape index (κ2) is 5.52. The molecule has 0 aliphatic rings. The molecule has 2 N–H and O–H groups in total. The smallest absolute Gasteiger partial charge is 0.305 e. The van der Waals surface area contributed by atoms with Crippen LogP contribution >= 0.6 is 0 Å². The van der Waals surface area contributed by atoms with Gasteiger partial charge >= 0.3 is 5.97 Å². The number of nitrogens with zero attached hydrogens (tertiary/aromatic N) is 2. The molecular formula is C13H13N3O4. The minimum Gasteiger partial charge on any atom is -0.481 e. The lowest BCUT2D eigenvalue weighted by atomic mass is 10.2. The van der Waals surface area contributed by atoms with Gasteiger partial charge in [0.25, 0.3) is 5.69 Å². The Morgan fingerprint density at radius 3 is 2.85 bits per heavy atom. The molecule has 0 aliphatic heterocycles. The summed E-state index contributed by atoms with van der Waals surface area (Å²) in [6.07, 6.45) is -0.0139. The molecule has 0 bridgehead atoms. The average Bonchev–Trinajstić information content (AvgIpc) is 2.36. The second-order valence-electron chi connectivity index (χ2n) is 4.47. The number of aliphatic carboxylic acids is 1. The van der Waals surface area contributed by atoms with Gasteiger partial charge in [0, 0.05) is 23.6 Å². The molecule has 0 radical (unpaired) electrons. The Hall–Kier alpha value is -2.70. The Balaban J connectivity index is 2.23. The Bertz CT molecular complexity index is 672. The highest BCUT2D eigenvalue weighted by Gasteiger charge is 2.10. The van der Waals surface area contributed by atoms with Gasteiger partial charge in [-0.3, -0.25) is 14.9 Å². The number of pyridine rings is 1. The predicted molar refractivity (Wildman–Crippen MR) is 73.7 cm³/mol. The molecule has 1 heterocycles. The van der Waals surface area contributed by atoms with Crippen molar-refractivity contribution in [1.29, 1.82) is 0 Å². The molecule has 2 aromatic rings. The van der Waals surface area contributed by atoms with Crippen LogP contribution < -0.4 is 5.32 Å². The first-order valence-electron chi connectivity index (χ1n) is 5.99. The Morgan fingerprint density at radius 2 is 2.20 bits per heavy atom. The minimum absolute atomic E-state index is 0.0132. The molecule has 1 unspecified atom stereocenters. The molecule has 0 saturated carbocycles. The Morgan fingerprint density at radius 1 is 1.45 bits per heavy atom. The van der Waals surface area contributed by atoms with Gasteiger partial charge in [-0.2, -0.15) is 0 Å². The number of anilines is 1. The van der Waals surface area contributed by atoms with E-state index in [0.29, 0.717) is 16.7 Å². The summed E-state index contributed by atoms with van der Waals surface area (Å²) in [5.74, 6) is -0.346. The summed E-state index contributed by atoms with van der Waals surface area (Å²) >= 11 is 0. The van der Waals surface area contributed by atoms with Crippen molar-refractivity contribution >= 4 is 28.4 Å². The fourth-order valence-corrected chi connectivity index (χ4v) is 1.87. The number of nitro groups is 1. The maximum absolute atomic E-state index is 10.7. The van der Waals surface area contributed by atoms with Crippen LogP contribution in [0, 0.1) is 10.1 Å². The zero-order chi connectivity index (χ0) is 14.7. The SMILES string of the molecule is CC(CC(=O)O)Nc1ccc2cc([N+](=O)[O-])ccc2n1. The van der Waals surface area contributed by atoms with Gasteiger partial charge < -0.3 is 10.4 Å². The number of benzene rings is 1. The molecular weight excluding hydrogens is 262 g/mol. The summed E-state index contributed by atoms with van der Waals surface area (Å²) in [5.41, 5.74) is 0.627. The van der Waals surface area contributed by atoms with Crippen LogP contribution in [-0.2, 0) is 4.79 Å². The van der Waals surface area contributed by atoms with Gasteiger partial charge in [-0.15, -0.1) is 0 Å². The third-order valence-electron chi connectivity index (χ3n) is 2.76. The number of aromatic nitrogens is 1. The van der Waals surface area contributed by atoms with Crippen molar-refractivity contribution in [3.05, 3.63) is 40.4 Å². The van der Waals surface area contributed by atoms with Crippen LogP contribution in [0.5, 0.6) is 0 Å². The first-order valence-corrected chi connectivity index (χ1v) is 5.99. The van der Waals surface area contributed by atoms with Crippen molar-refractivity contribution in [2.45, 2.75) is 19.4 Å². The second-order valence-corrected chi connectivity index (χ2v) is 4.47. The molecule has 104 valence electrons. The van der Waals surface area contributed by atoms with Gasteiger partial charge in [-0.1, -0.05) is 0 Å². The molecule has 0 saturated heterocycles. The summed E-state index contributed by atoms with van der Waals surface area (Å²) in [6, 6.07) is 7.54. The van der Waals surface area contributed by atoms with Crippen LogP contribution in [0.2, 0.25) is 0 Å². The maximum atomic E-state index is 10.7. The summed E-state index contributed by atoms with van der Waals surface area (Å²) in [6.45, 7) is 1.75. The fourth-order valence-electron chi connectivity index (χ4n) is 1.87. The third-order valence-corrected chi connectivity index (χ3v) is 2.76. The van der Waals surface area contributed by atoms with Crippen molar-refractivity contribution in [3.63, 3.8) is 0 Å². The normalized spacial score (nSPS) is 12.1. The first-order chi connectivity index (χ1) is 9.45. The molecule has 1 aromatic heterocycles. The van der Waals surface area contributed by atoms with Gasteiger partial charge in [0.1, 0.15) is 5.82 Å². The van der Waals surface area contributed by atoms with Crippen molar-refractivity contribution in [1.82, 2.24) is 4.98 Å². The van der Waals surface area contributed by atoms with Crippen molar-refractivity contribution in [2.24, 2.45) is 0 Å². The molecule has 0 amide bonds. The number of hydrogen-bond donors (Lipinski definition) is 2. The largest absolute Gasteiger partial charge is 0.481 e. The highest BCUT2D eigenvalue weighted by molar-refractivity contribution is 5.82. The lowest BCUT2D eigenvalue weighted by Gasteiger charge is -2.12. The van der Waals surface area contributed by atoms with E-state index in [1.54, 1.807) is 25.1 Å². The molecule has 2 rings (SSSR count). The molecule has 20 heavy (non-hydrogen) atoms. The number of rotatable bonds is 5. The van der Waals surface area contributed by atoms with Crippen LogP contribution in [0.4, 0.5) is 11.5 Å². The number of nitrogens with one attached hydrogen (secondary N) is 1. The summed E-state index contributed by atoms with van der Waals surface area (Å²) in [5, 5.41) is 23.0. The van der Waals surface area contributed by atoms with E-state index in [-0.39, 0.29) is 18.2 Å². The monoisotopic (exact) mass is 275 g/mol. The fraction of sp³-hybridized carbons (Fsp3) is 0.231. The highest BCUT2D eigenvalue weighted by Crippen LogP contribution is 2.21. The number of carboxylic acids is 1. The zero-order valence-electron chi connectivity index (χ0n) is 10.7. The Kier molecular flexibility index (Phi) is 3.79. The van der Waals surface area contributed by atoms with Gasteiger partial charge in [-0.25, -0.2) is 4.98 Å². The standard InChI is InChI=1S/C13H13N3O4/c1-8(6-13(17)18)14-12-5-2-9-7-10(16(19)20)3-4-11(9)15-12/h2-5,7-8H,6H2,1H3,(H,14,15)(H,17,18). The summed E-state index contributed by atoms with van der Waals surface area (Å²) < 4.78 is 0. The lowest BCUT2D eigenvalue weighted by Crippen LogP contribution is -2.19. The number of carbonyl (C=O) groups is 1.